The molecule has 3 nitrogen and oxygen atoms in total. The summed E-state index contributed by atoms with van der Waals surface area (Å²) >= 11 is 8.03. The third-order valence-corrected chi connectivity index (χ3v) is 8.14. The third kappa shape index (κ3) is 3.65. The van der Waals surface area contributed by atoms with Crippen LogP contribution in [0.3, 0.4) is 0 Å². The van der Waals surface area contributed by atoms with Gasteiger partial charge in [0.05, 0.1) is 9.92 Å². The molecule has 0 spiro atoms. The van der Waals surface area contributed by atoms with E-state index in [1.165, 1.54) is 15.6 Å². The standard InChI is InChI=1S/C22H18ClNO2S2/c23-21-19-13-7-8-14-20(19)27-22(21)24(16-15-17-9-3-1-4-10-17)28(25,26)18-11-5-2-6-12-18/h1-14H,15-16H2. The lowest BCUT2D eigenvalue weighted by Crippen LogP contribution is -2.32. The largest absolute Gasteiger partial charge is 0.264 e. The zero-order chi connectivity index (χ0) is 19.6. The molecular weight excluding hydrogens is 410 g/mol. The highest BCUT2D eigenvalue weighted by atomic mass is 35.5. The summed E-state index contributed by atoms with van der Waals surface area (Å²) in [5.74, 6) is 0. The van der Waals surface area contributed by atoms with Gasteiger partial charge in [0.1, 0.15) is 5.00 Å². The second-order valence-electron chi connectivity index (χ2n) is 6.34. The fraction of sp³-hybridized carbons (Fsp3) is 0.0909. The normalized spacial score (nSPS) is 11.6. The summed E-state index contributed by atoms with van der Waals surface area (Å²) in [6, 6.07) is 26.1. The lowest BCUT2D eigenvalue weighted by molar-refractivity contribution is 0.591. The van der Waals surface area contributed by atoms with Crippen LogP contribution in [0.1, 0.15) is 5.56 Å². The van der Waals surface area contributed by atoms with Gasteiger partial charge < -0.3 is 0 Å². The van der Waals surface area contributed by atoms with Gasteiger partial charge in [-0.3, -0.25) is 4.31 Å². The second kappa shape index (κ2) is 7.95. The second-order valence-corrected chi connectivity index (χ2v) is 9.61. The highest BCUT2D eigenvalue weighted by Gasteiger charge is 2.28. The van der Waals surface area contributed by atoms with E-state index in [1.54, 1.807) is 30.3 Å². The molecule has 0 unspecified atom stereocenters. The Kier molecular flexibility index (Phi) is 5.40. The molecule has 0 saturated carbocycles. The number of fused-ring (bicyclic) bond motifs is 1. The van der Waals surface area contributed by atoms with Gasteiger partial charge >= 0.3 is 0 Å². The van der Waals surface area contributed by atoms with Crippen LogP contribution >= 0.6 is 22.9 Å². The highest BCUT2D eigenvalue weighted by Crippen LogP contribution is 2.43. The first-order chi connectivity index (χ1) is 13.6. The van der Waals surface area contributed by atoms with Crippen molar-refractivity contribution in [1.82, 2.24) is 0 Å². The van der Waals surface area contributed by atoms with Crippen LogP contribution in [0.4, 0.5) is 5.00 Å². The first-order valence-corrected chi connectivity index (χ1v) is 11.5. The lowest BCUT2D eigenvalue weighted by Gasteiger charge is -2.23. The Labute approximate surface area is 173 Å². The Hall–Kier alpha value is -2.34. The van der Waals surface area contributed by atoms with Gasteiger partial charge in [0.2, 0.25) is 0 Å². The van der Waals surface area contributed by atoms with Crippen LogP contribution < -0.4 is 4.31 Å². The molecule has 0 amide bonds. The maximum absolute atomic E-state index is 13.5. The first kappa shape index (κ1) is 19.0. The Balaban J connectivity index is 1.80. The number of halogens is 1. The van der Waals surface area contributed by atoms with Crippen molar-refractivity contribution in [2.45, 2.75) is 11.3 Å². The molecule has 0 aliphatic carbocycles. The molecule has 3 aromatic carbocycles. The summed E-state index contributed by atoms with van der Waals surface area (Å²) in [6.45, 7) is 0.313. The maximum Gasteiger partial charge on any atom is 0.264 e. The third-order valence-electron chi connectivity index (χ3n) is 4.52. The molecule has 1 aromatic heterocycles. The van der Waals surface area contributed by atoms with Crippen LogP contribution in [0.15, 0.2) is 89.8 Å². The van der Waals surface area contributed by atoms with Crippen molar-refractivity contribution in [2.24, 2.45) is 0 Å². The summed E-state index contributed by atoms with van der Waals surface area (Å²) < 4.78 is 29.3. The monoisotopic (exact) mass is 427 g/mol. The van der Waals surface area contributed by atoms with Gasteiger partial charge in [-0.2, -0.15) is 0 Å². The molecule has 0 bridgehead atoms. The summed E-state index contributed by atoms with van der Waals surface area (Å²) in [5.41, 5.74) is 1.08. The lowest BCUT2D eigenvalue weighted by atomic mass is 10.1. The van der Waals surface area contributed by atoms with E-state index < -0.39 is 10.0 Å². The van der Waals surface area contributed by atoms with E-state index in [-0.39, 0.29) is 4.90 Å². The molecule has 0 N–H and O–H groups in total. The van der Waals surface area contributed by atoms with Gasteiger partial charge in [-0.05, 0) is 30.2 Å². The van der Waals surface area contributed by atoms with Crippen LogP contribution in [0, 0.1) is 0 Å². The molecule has 0 aliphatic rings. The average Bonchev–Trinajstić information content (AvgIpc) is 3.06. The molecule has 4 aromatic rings. The quantitative estimate of drug-likeness (QED) is 0.379. The fourth-order valence-electron chi connectivity index (χ4n) is 3.09. The van der Waals surface area contributed by atoms with E-state index in [9.17, 15) is 8.42 Å². The first-order valence-electron chi connectivity index (χ1n) is 8.86. The van der Waals surface area contributed by atoms with Crippen molar-refractivity contribution in [1.29, 1.82) is 0 Å². The molecule has 1 heterocycles. The van der Waals surface area contributed by atoms with E-state index in [2.05, 4.69) is 0 Å². The van der Waals surface area contributed by atoms with Crippen molar-refractivity contribution in [2.75, 3.05) is 10.8 Å². The molecular formula is C22H18ClNO2S2. The minimum absolute atomic E-state index is 0.261. The minimum atomic E-state index is -3.74. The number of hydrogen-bond donors (Lipinski definition) is 0. The van der Waals surface area contributed by atoms with E-state index >= 15 is 0 Å². The summed E-state index contributed by atoms with van der Waals surface area (Å²) in [7, 11) is -3.74. The van der Waals surface area contributed by atoms with E-state index in [0.29, 0.717) is 23.0 Å². The predicted octanol–water partition coefficient (Wildman–Crippen LogP) is 5.99. The van der Waals surface area contributed by atoms with Gasteiger partial charge in [-0.25, -0.2) is 8.42 Å². The predicted molar refractivity (Wildman–Crippen MR) is 118 cm³/mol. The molecule has 0 atom stereocenters. The van der Waals surface area contributed by atoms with Gasteiger partial charge in [0, 0.05) is 16.6 Å². The van der Waals surface area contributed by atoms with Gasteiger partial charge in [-0.1, -0.05) is 78.3 Å². The van der Waals surface area contributed by atoms with Gasteiger partial charge in [-0.15, -0.1) is 11.3 Å². The van der Waals surface area contributed by atoms with E-state index in [1.807, 2.05) is 54.6 Å². The van der Waals surface area contributed by atoms with E-state index in [0.717, 1.165) is 15.6 Å². The number of sulfonamides is 1. The number of rotatable bonds is 6. The highest BCUT2D eigenvalue weighted by molar-refractivity contribution is 7.93. The number of anilines is 1. The van der Waals surface area contributed by atoms with E-state index in [4.69, 9.17) is 11.6 Å². The van der Waals surface area contributed by atoms with Crippen molar-refractivity contribution >= 4 is 48.0 Å². The molecule has 0 fully saturated rings. The summed E-state index contributed by atoms with van der Waals surface area (Å²) in [4.78, 5) is 0.261. The molecule has 142 valence electrons. The maximum atomic E-state index is 13.5. The topological polar surface area (TPSA) is 37.4 Å². The smallest absolute Gasteiger partial charge is 0.255 e. The zero-order valence-corrected chi connectivity index (χ0v) is 17.3. The summed E-state index contributed by atoms with van der Waals surface area (Å²) in [5, 5.41) is 1.91. The molecule has 0 radical (unpaired) electrons. The molecule has 4 rings (SSSR count). The number of nitrogens with zero attached hydrogens (tertiary/aromatic N) is 1. The SMILES string of the molecule is O=S(=O)(c1ccccc1)N(CCc1ccccc1)c1sc2ccccc2c1Cl. The molecule has 0 saturated heterocycles. The molecule has 28 heavy (non-hydrogen) atoms. The van der Waals surface area contributed by atoms with Gasteiger partial charge in [0.15, 0.2) is 0 Å². The fourth-order valence-corrected chi connectivity index (χ4v) is 6.41. The Bertz CT molecular complexity index is 1190. The number of thiophene rings is 1. The van der Waals surface area contributed by atoms with Crippen LogP contribution in [0.25, 0.3) is 10.1 Å². The zero-order valence-electron chi connectivity index (χ0n) is 15.0. The number of benzene rings is 3. The van der Waals surface area contributed by atoms with Crippen molar-refractivity contribution in [3.8, 4) is 0 Å². The van der Waals surface area contributed by atoms with Crippen molar-refractivity contribution < 1.29 is 8.42 Å². The summed E-state index contributed by atoms with van der Waals surface area (Å²) in [6.07, 6.45) is 0.595. The molecule has 0 aliphatic heterocycles. The van der Waals surface area contributed by atoms with Crippen LogP contribution in [-0.4, -0.2) is 15.0 Å². The minimum Gasteiger partial charge on any atom is -0.255 e. The Morgan fingerprint density at radius 1 is 0.821 bits per heavy atom. The van der Waals surface area contributed by atoms with Crippen molar-refractivity contribution in [3.63, 3.8) is 0 Å². The Morgan fingerprint density at radius 2 is 1.43 bits per heavy atom. The van der Waals surface area contributed by atoms with Gasteiger partial charge in [0.25, 0.3) is 10.0 Å². The average molecular weight is 428 g/mol. The van der Waals surface area contributed by atoms with Crippen LogP contribution in [0.5, 0.6) is 0 Å². The van der Waals surface area contributed by atoms with Crippen molar-refractivity contribution in [3.05, 3.63) is 95.5 Å². The van der Waals surface area contributed by atoms with Crippen LogP contribution in [-0.2, 0) is 16.4 Å². The number of hydrogen-bond acceptors (Lipinski definition) is 3. The molecule has 6 heteroatoms. The Morgan fingerprint density at radius 3 is 2.11 bits per heavy atom. The van der Waals surface area contributed by atoms with Crippen LogP contribution in [0.2, 0.25) is 5.02 Å².